The van der Waals surface area contributed by atoms with Crippen LogP contribution in [0.4, 0.5) is 0 Å². The molecule has 1 N–H and O–H groups in total. The standard InChI is InChI=1S/C15H17NO6S/c1-15(2)11(14(19)22-8-9-6-4-3-5-7-9)16-12(18)10(17)13(16)23(15,20)21/h3-7,10-11,13,17H,8H2,1-2H3/t10-,11+,13-/m1/s1. The summed E-state index contributed by atoms with van der Waals surface area (Å²) in [6.45, 7) is 2.73. The molecule has 2 fully saturated rings. The first-order valence-electron chi connectivity index (χ1n) is 7.14. The van der Waals surface area contributed by atoms with Crippen molar-refractivity contribution >= 4 is 21.7 Å². The Kier molecular flexibility index (Phi) is 3.49. The topological polar surface area (TPSA) is 101 Å². The Balaban J connectivity index is 1.84. The summed E-state index contributed by atoms with van der Waals surface area (Å²) in [7, 11) is -3.87. The molecule has 1 aromatic carbocycles. The average molecular weight is 339 g/mol. The summed E-state index contributed by atoms with van der Waals surface area (Å²) >= 11 is 0. The lowest BCUT2D eigenvalue weighted by molar-refractivity contribution is -0.172. The van der Waals surface area contributed by atoms with Crippen molar-refractivity contribution in [3.8, 4) is 0 Å². The molecule has 2 heterocycles. The van der Waals surface area contributed by atoms with E-state index in [1.165, 1.54) is 13.8 Å². The van der Waals surface area contributed by atoms with Gasteiger partial charge in [0.05, 0.1) is 0 Å². The molecule has 0 saturated carbocycles. The van der Waals surface area contributed by atoms with E-state index in [4.69, 9.17) is 4.74 Å². The second-order valence-corrected chi connectivity index (χ2v) is 8.85. The van der Waals surface area contributed by atoms with Crippen LogP contribution in [0, 0.1) is 0 Å². The lowest BCUT2D eigenvalue weighted by Gasteiger charge is -2.39. The highest BCUT2D eigenvalue weighted by Gasteiger charge is 2.72. The minimum atomic E-state index is -3.87. The summed E-state index contributed by atoms with van der Waals surface area (Å²) in [4.78, 5) is 25.1. The highest BCUT2D eigenvalue weighted by Crippen LogP contribution is 2.46. The number of carbonyl (C=O) groups is 2. The van der Waals surface area contributed by atoms with E-state index in [0.717, 1.165) is 10.5 Å². The van der Waals surface area contributed by atoms with E-state index in [9.17, 15) is 23.1 Å². The van der Waals surface area contributed by atoms with Gasteiger partial charge in [0.1, 0.15) is 17.4 Å². The molecule has 0 unspecified atom stereocenters. The maximum absolute atomic E-state index is 12.5. The van der Waals surface area contributed by atoms with Crippen LogP contribution in [0.5, 0.6) is 0 Å². The van der Waals surface area contributed by atoms with Crippen molar-refractivity contribution in [1.82, 2.24) is 4.90 Å². The number of ether oxygens (including phenoxy) is 1. The number of carbonyl (C=O) groups excluding carboxylic acids is 2. The molecule has 0 aliphatic carbocycles. The SMILES string of the molecule is CC1(C)[C@H](C(=O)OCc2ccccc2)N2C(=O)[C@@H](O)[C@H]2S1(=O)=O. The number of aliphatic hydroxyl groups is 1. The number of aliphatic hydroxyl groups excluding tert-OH is 1. The molecule has 0 bridgehead atoms. The molecule has 2 aliphatic heterocycles. The Bertz CT molecular complexity index is 757. The fourth-order valence-electron chi connectivity index (χ4n) is 3.07. The average Bonchev–Trinajstić information content (AvgIpc) is 2.66. The molecule has 3 atom stereocenters. The van der Waals surface area contributed by atoms with E-state index in [2.05, 4.69) is 0 Å². The van der Waals surface area contributed by atoms with Gasteiger partial charge in [0.2, 0.25) is 0 Å². The summed E-state index contributed by atoms with van der Waals surface area (Å²) in [5.41, 5.74) is 0.756. The number of hydrogen-bond acceptors (Lipinski definition) is 6. The number of amides is 1. The number of benzene rings is 1. The van der Waals surface area contributed by atoms with Crippen molar-refractivity contribution in [2.75, 3.05) is 0 Å². The molecule has 2 aliphatic rings. The van der Waals surface area contributed by atoms with Gasteiger partial charge in [0.15, 0.2) is 21.3 Å². The van der Waals surface area contributed by atoms with Gasteiger partial charge in [-0.2, -0.15) is 0 Å². The van der Waals surface area contributed by atoms with Crippen molar-refractivity contribution in [2.24, 2.45) is 0 Å². The van der Waals surface area contributed by atoms with Crippen molar-refractivity contribution < 1.29 is 27.9 Å². The molecule has 0 spiro atoms. The Morgan fingerprint density at radius 3 is 2.52 bits per heavy atom. The van der Waals surface area contributed by atoms with Gasteiger partial charge in [-0.15, -0.1) is 0 Å². The van der Waals surface area contributed by atoms with Gasteiger partial charge < -0.3 is 14.7 Å². The van der Waals surface area contributed by atoms with E-state index >= 15 is 0 Å². The minimum absolute atomic E-state index is 0.0123. The molecule has 0 aromatic heterocycles. The van der Waals surface area contributed by atoms with E-state index < -0.39 is 44.0 Å². The van der Waals surface area contributed by atoms with E-state index in [0.29, 0.717) is 0 Å². The number of nitrogens with zero attached hydrogens (tertiary/aromatic N) is 1. The van der Waals surface area contributed by atoms with Crippen molar-refractivity contribution in [1.29, 1.82) is 0 Å². The van der Waals surface area contributed by atoms with Gasteiger partial charge in [-0.05, 0) is 19.4 Å². The van der Waals surface area contributed by atoms with Crippen LogP contribution in [0.2, 0.25) is 0 Å². The molecular weight excluding hydrogens is 322 g/mol. The Morgan fingerprint density at radius 1 is 1.30 bits per heavy atom. The second-order valence-electron chi connectivity index (χ2n) is 6.23. The van der Waals surface area contributed by atoms with Crippen LogP contribution in [0.15, 0.2) is 30.3 Å². The van der Waals surface area contributed by atoms with Crippen LogP contribution in [0.1, 0.15) is 19.4 Å². The third kappa shape index (κ3) is 2.08. The van der Waals surface area contributed by atoms with Crippen LogP contribution < -0.4 is 0 Å². The quantitative estimate of drug-likeness (QED) is 0.606. The van der Waals surface area contributed by atoms with Crippen LogP contribution in [-0.4, -0.2) is 52.6 Å². The summed E-state index contributed by atoms with van der Waals surface area (Å²) in [5, 5.41) is 8.28. The third-order valence-electron chi connectivity index (χ3n) is 4.49. The van der Waals surface area contributed by atoms with Gasteiger partial charge in [-0.1, -0.05) is 30.3 Å². The molecule has 8 heteroatoms. The summed E-state index contributed by atoms with van der Waals surface area (Å²) in [6, 6.07) is 7.69. The van der Waals surface area contributed by atoms with E-state index in [1.54, 1.807) is 24.3 Å². The normalized spacial score (nSPS) is 30.5. The van der Waals surface area contributed by atoms with E-state index in [1.807, 2.05) is 6.07 Å². The highest BCUT2D eigenvalue weighted by atomic mass is 32.2. The zero-order chi connectivity index (χ0) is 17.0. The maximum Gasteiger partial charge on any atom is 0.330 e. The van der Waals surface area contributed by atoms with Gasteiger partial charge in [0, 0.05) is 0 Å². The fourth-order valence-corrected chi connectivity index (χ4v) is 5.19. The lowest BCUT2D eigenvalue weighted by atomic mass is 9.97. The van der Waals surface area contributed by atoms with Crippen LogP contribution in [-0.2, 0) is 30.8 Å². The van der Waals surface area contributed by atoms with Crippen LogP contribution in [0.25, 0.3) is 0 Å². The number of esters is 1. The first kappa shape index (κ1) is 15.9. The van der Waals surface area contributed by atoms with Crippen molar-refractivity contribution in [3.05, 3.63) is 35.9 Å². The second kappa shape index (κ2) is 5.04. The molecule has 0 radical (unpaired) electrons. The molecule has 7 nitrogen and oxygen atoms in total. The highest BCUT2D eigenvalue weighted by molar-refractivity contribution is 7.94. The molecular formula is C15H17NO6S. The molecule has 1 aromatic rings. The van der Waals surface area contributed by atoms with Crippen molar-refractivity contribution in [3.63, 3.8) is 0 Å². The van der Waals surface area contributed by atoms with Crippen molar-refractivity contribution in [2.45, 2.75) is 42.7 Å². The first-order chi connectivity index (χ1) is 10.7. The summed E-state index contributed by atoms with van der Waals surface area (Å²) in [6.07, 6.45) is -1.61. The van der Waals surface area contributed by atoms with E-state index in [-0.39, 0.29) is 6.61 Å². The number of sulfone groups is 1. The largest absolute Gasteiger partial charge is 0.459 e. The minimum Gasteiger partial charge on any atom is -0.459 e. The fraction of sp³-hybridized carbons (Fsp3) is 0.467. The first-order valence-corrected chi connectivity index (χ1v) is 8.68. The van der Waals surface area contributed by atoms with Gasteiger partial charge in [-0.25, -0.2) is 13.2 Å². The summed E-state index contributed by atoms with van der Waals surface area (Å²) < 4.78 is 28.6. The van der Waals surface area contributed by atoms with Gasteiger partial charge in [0.25, 0.3) is 5.91 Å². The molecule has 124 valence electrons. The Hall–Kier alpha value is -1.93. The predicted molar refractivity (Wildman–Crippen MR) is 79.7 cm³/mol. The number of rotatable bonds is 3. The smallest absolute Gasteiger partial charge is 0.330 e. The number of β-lactam (4-membered cyclic amide) rings is 1. The number of fused-ring (bicyclic) bond motifs is 1. The molecule has 3 rings (SSSR count). The maximum atomic E-state index is 12.5. The van der Waals surface area contributed by atoms with Gasteiger partial charge in [-0.3, -0.25) is 4.79 Å². The Labute approximate surface area is 133 Å². The number of hydrogen-bond donors (Lipinski definition) is 1. The molecule has 23 heavy (non-hydrogen) atoms. The molecule has 2 saturated heterocycles. The zero-order valence-corrected chi connectivity index (χ0v) is 13.5. The van der Waals surface area contributed by atoms with Crippen LogP contribution in [0.3, 0.4) is 0 Å². The van der Waals surface area contributed by atoms with Crippen LogP contribution >= 0.6 is 0 Å². The van der Waals surface area contributed by atoms with Gasteiger partial charge >= 0.3 is 5.97 Å². The third-order valence-corrected chi connectivity index (χ3v) is 7.30. The predicted octanol–water partition coefficient (Wildman–Crippen LogP) is -0.165. The zero-order valence-electron chi connectivity index (χ0n) is 12.7. The summed E-state index contributed by atoms with van der Waals surface area (Å²) in [5.74, 6) is -1.55. The monoisotopic (exact) mass is 339 g/mol. The molecule has 1 amide bonds. The lowest BCUT2D eigenvalue weighted by Crippen LogP contribution is -2.66. The Morgan fingerprint density at radius 2 is 1.91 bits per heavy atom.